The summed E-state index contributed by atoms with van der Waals surface area (Å²) in [6, 6.07) is 12.1. The van der Waals surface area contributed by atoms with Crippen LogP contribution in [0.1, 0.15) is 11.6 Å². The molecule has 0 bridgehead atoms. The van der Waals surface area contributed by atoms with E-state index in [1.165, 1.54) is 0 Å². The summed E-state index contributed by atoms with van der Waals surface area (Å²) in [5, 5.41) is 6.25. The van der Waals surface area contributed by atoms with Gasteiger partial charge < -0.3 is 14.4 Å². The molecule has 0 saturated heterocycles. The van der Waals surface area contributed by atoms with Gasteiger partial charge in [-0.1, -0.05) is 22.6 Å². The van der Waals surface area contributed by atoms with Crippen LogP contribution in [0.15, 0.2) is 47.7 Å². The number of alkyl halides is 1. The normalized spacial score (nSPS) is 15.6. The number of anilines is 2. The van der Waals surface area contributed by atoms with Gasteiger partial charge in [0.05, 0.1) is 36.9 Å². The molecule has 0 N–H and O–H groups in total. The summed E-state index contributed by atoms with van der Waals surface area (Å²) >= 11 is 2.39. The number of methoxy groups -OCH3 is 2. The van der Waals surface area contributed by atoms with E-state index in [0.29, 0.717) is 0 Å². The van der Waals surface area contributed by atoms with Gasteiger partial charge in [-0.25, -0.2) is 4.98 Å². The summed E-state index contributed by atoms with van der Waals surface area (Å²) in [5.41, 5.74) is 4.76. The third-order valence-electron chi connectivity index (χ3n) is 5.10. The molecule has 156 valence electrons. The van der Waals surface area contributed by atoms with Crippen LogP contribution >= 0.6 is 22.6 Å². The van der Waals surface area contributed by atoms with Crippen LogP contribution in [0, 0.1) is 0 Å². The van der Waals surface area contributed by atoms with Gasteiger partial charge in [0.2, 0.25) is 0 Å². The molecule has 0 aliphatic carbocycles. The number of ether oxygens (including phenoxy) is 2. The number of nitrogens with zero attached hydrogens (tertiary/aromatic N) is 5. The monoisotopic (exact) mass is 517 g/mol. The van der Waals surface area contributed by atoms with Gasteiger partial charge in [0.25, 0.3) is 0 Å². The van der Waals surface area contributed by atoms with Crippen molar-refractivity contribution in [2.24, 2.45) is 5.10 Å². The zero-order valence-corrected chi connectivity index (χ0v) is 19.4. The molecular formula is C22H24IN5O2. The zero-order valence-electron chi connectivity index (χ0n) is 17.2. The molecule has 0 spiro atoms. The van der Waals surface area contributed by atoms with Crippen molar-refractivity contribution in [1.82, 2.24) is 15.0 Å². The number of aromatic nitrogens is 2. The summed E-state index contributed by atoms with van der Waals surface area (Å²) in [5.74, 6) is 1.69. The maximum atomic E-state index is 5.47. The highest BCUT2D eigenvalue weighted by molar-refractivity contribution is 14.1. The van der Waals surface area contributed by atoms with Gasteiger partial charge in [-0.3, -0.25) is 9.99 Å². The Labute approximate surface area is 189 Å². The average Bonchev–Trinajstić information content (AvgIpc) is 3.22. The molecule has 0 amide bonds. The molecule has 1 aliphatic rings. The molecule has 1 aromatic heterocycles. The summed E-state index contributed by atoms with van der Waals surface area (Å²) in [4.78, 5) is 11.8. The van der Waals surface area contributed by atoms with Crippen LogP contribution in [0.2, 0.25) is 0 Å². The number of hydrogen-bond donors (Lipinski definition) is 0. The molecule has 7 nitrogen and oxygen atoms in total. The number of halogens is 1. The predicted molar refractivity (Wildman–Crippen MR) is 129 cm³/mol. The van der Waals surface area contributed by atoms with Crippen molar-refractivity contribution >= 4 is 51.2 Å². The lowest BCUT2D eigenvalue weighted by Gasteiger charge is -2.25. The predicted octanol–water partition coefficient (Wildman–Crippen LogP) is 4.23. The van der Waals surface area contributed by atoms with Crippen molar-refractivity contribution in [3.63, 3.8) is 0 Å². The largest absolute Gasteiger partial charge is 0.497 e. The smallest absolute Gasteiger partial charge is 0.124 e. The fourth-order valence-corrected chi connectivity index (χ4v) is 4.03. The van der Waals surface area contributed by atoms with E-state index in [1.54, 1.807) is 14.2 Å². The molecule has 8 heteroatoms. The second-order valence-electron chi connectivity index (χ2n) is 7.09. The standard InChI is InChI=1S/C22H24IN5O2/c1-27-14-15(12-25-27)22-13-24-20-5-4-16(10-21(20)26-22)28(7-6-23)17-8-18(29-2)11-19(9-17)30-3/h4-5,8-13,15H,6-7,14H2,1-3H3. The van der Waals surface area contributed by atoms with Gasteiger partial charge in [-0.05, 0) is 18.2 Å². The Balaban J connectivity index is 1.74. The number of hydrogen-bond acceptors (Lipinski definition) is 7. The summed E-state index contributed by atoms with van der Waals surface area (Å²) < 4.78 is 11.9. The minimum atomic E-state index is 0.170. The molecule has 2 aromatic carbocycles. The Hall–Kier alpha value is -2.62. The highest BCUT2D eigenvalue weighted by Crippen LogP contribution is 2.34. The molecule has 0 fully saturated rings. The van der Waals surface area contributed by atoms with Gasteiger partial charge in [0.15, 0.2) is 0 Å². The summed E-state index contributed by atoms with van der Waals surface area (Å²) in [6.07, 6.45) is 3.79. The summed E-state index contributed by atoms with van der Waals surface area (Å²) in [6.45, 7) is 1.67. The van der Waals surface area contributed by atoms with Crippen LogP contribution in [0.5, 0.6) is 11.5 Å². The van der Waals surface area contributed by atoms with Crippen molar-refractivity contribution in [2.45, 2.75) is 5.92 Å². The van der Waals surface area contributed by atoms with Crippen LogP contribution < -0.4 is 14.4 Å². The van der Waals surface area contributed by atoms with E-state index >= 15 is 0 Å². The van der Waals surface area contributed by atoms with Gasteiger partial charge in [0, 0.05) is 66.6 Å². The van der Waals surface area contributed by atoms with Gasteiger partial charge in [-0.2, -0.15) is 5.10 Å². The SMILES string of the molecule is COc1cc(OC)cc(N(CCI)c2ccc3ncc(C4C=NN(C)C4)nc3c2)c1. The molecule has 1 atom stereocenters. The van der Waals surface area contributed by atoms with Crippen molar-refractivity contribution in [2.75, 3.05) is 43.7 Å². The Bertz CT molecular complexity index is 1050. The van der Waals surface area contributed by atoms with E-state index in [2.05, 4.69) is 49.7 Å². The van der Waals surface area contributed by atoms with Crippen molar-refractivity contribution in [3.8, 4) is 11.5 Å². The van der Waals surface area contributed by atoms with Crippen molar-refractivity contribution < 1.29 is 9.47 Å². The Morgan fingerprint density at radius 2 is 1.83 bits per heavy atom. The van der Waals surface area contributed by atoms with Crippen molar-refractivity contribution in [1.29, 1.82) is 0 Å². The number of fused-ring (bicyclic) bond motifs is 1. The molecule has 1 unspecified atom stereocenters. The lowest BCUT2D eigenvalue weighted by atomic mass is 10.1. The second-order valence-corrected chi connectivity index (χ2v) is 8.17. The number of hydrazone groups is 1. The Morgan fingerprint density at radius 3 is 2.47 bits per heavy atom. The Morgan fingerprint density at radius 1 is 1.07 bits per heavy atom. The summed E-state index contributed by atoms with van der Waals surface area (Å²) in [7, 11) is 5.30. The Kier molecular flexibility index (Phi) is 6.21. The molecule has 0 radical (unpaired) electrons. The molecular weight excluding hydrogens is 493 g/mol. The van der Waals surface area contributed by atoms with E-state index in [0.717, 1.165) is 57.1 Å². The fraction of sp³-hybridized carbons (Fsp3) is 0.318. The quantitative estimate of drug-likeness (QED) is 0.345. The van der Waals surface area contributed by atoms with E-state index in [-0.39, 0.29) is 5.92 Å². The fourth-order valence-electron chi connectivity index (χ4n) is 3.54. The van der Waals surface area contributed by atoms with Gasteiger partial charge >= 0.3 is 0 Å². The van der Waals surface area contributed by atoms with Crippen LogP contribution in [0.4, 0.5) is 11.4 Å². The first-order valence-corrected chi connectivity index (χ1v) is 11.2. The maximum Gasteiger partial charge on any atom is 0.124 e. The van der Waals surface area contributed by atoms with Crippen LogP contribution in [-0.2, 0) is 0 Å². The zero-order chi connectivity index (χ0) is 21.1. The third kappa shape index (κ3) is 4.28. The van der Waals surface area contributed by atoms with E-state index in [9.17, 15) is 0 Å². The highest BCUT2D eigenvalue weighted by atomic mass is 127. The van der Waals surface area contributed by atoms with E-state index < -0.39 is 0 Å². The van der Waals surface area contributed by atoms with Crippen molar-refractivity contribution in [3.05, 3.63) is 48.3 Å². The van der Waals surface area contributed by atoms with Gasteiger partial charge in [0.1, 0.15) is 11.5 Å². The van der Waals surface area contributed by atoms with E-state index in [4.69, 9.17) is 14.5 Å². The second kappa shape index (κ2) is 9.03. The highest BCUT2D eigenvalue weighted by Gasteiger charge is 2.19. The molecule has 4 rings (SSSR count). The molecule has 0 saturated carbocycles. The molecule has 2 heterocycles. The number of likely N-dealkylation sites (N-methyl/N-ethyl adjacent to an activating group) is 1. The molecule has 3 aromatic rings. The first-order valence-electron chi connectivity index (χ1n) is 9.70. The first kappa shape index (κ1) is 20.6. The van der Waals surface area contributed by atoms with Gasteiger partial charge in [-0.15, -0.1) is 0 Å². The minimum absolute atomic E-state index is 0.170. The molecule has 30 heavy (non-hydrogen) atoms. The lowest BCUT2D eigenvalue weighted by molar-refractivity contribution is 0.380. The third-order valence-corrected chi connectivity index (χ3v) is 5.58. The molecule has 1 aliphatic heterocycles. The number of benzene rings is 2. The number of rotatable bonds is 7. The van der Waals surface area contributed by atoms with Crippen LogP contribution in [0.3, 0.4) is 0 Å². The lowest BCUT2D eigenvalue weighted by Crippen LogP contribution is -2.19. The van der Waals surface area contributed by atoms with E-state index in [1.807, 2.05) is 48.7 Å². The maximum absolute atomic E-state index is 5.47. The average molecular weight is 517 g/mol. The van der Waals surface area contributed by atoms with Crippen LogP contribution in [-0.4, -0.2) is 60.0 Å². The first-order chi connectivity index (χ1) is 14.6. The topological polar surface area (TPSA) is 63.1 Å². The van der Waals surface area contributed by atoms with Crippen LogP contribution in [0.25, 0.3) is 11.0 Å². The minimum Gasteiger partial charge on any atom is -0.497 e.